The number of phenols is 1. The SMILES string of the molecule is O=C(Nc1cnc2c(O)cccc2c1)OCC1c2ccccc2-c2ccccc21. The number of amides is 1. The van der Waals surface area contributed by atoms with Crippen LogP contribution in [0.1, 0.15) is 17.0 Å². The first kappa shape index (κ1) is 17.3. The second-order valence-electron chi connectivity index (χ2n) is 7.02. The Morgan fingerprint density at radius 2 is 1.66 bits per heavy atom. The Morgan fingerprint density at radius 1 is 0.966 bits per heavy atom. The number of rotatable bonds is 3. The van der Waals surface area contributed by atoms with Crippen molar-refractivity contribution in [3.05, 3.63) is 90.1 Å². The quantitative estimate of drug-likeness (QED) is 0.504. The van der Waals surface area contributed by atoms with Gasteiger partial charge in [-0.1, -0.05) is 60.7 Å². The molecule has 0 saturated heterocycles. The maximum atomic E-state index is 12.4. The highest BCUT2D eigenvalue weighted by Gasteiger charge is 2.29. The van der Waals surface area contributed by atoms with Crippen molar-refractivity contribution < 1.29 is 14.6 Å². The lowest BCUT2D eigenvalue weighted by atomic mass is 9.98. The van der Waals surface area contributed by atoms with Crippen molar-refractivity contribution >= 4 is 22.7 Å². The Hall–Kier alpha value is -3.86. The molecule has 5 nitrogen and oxygen atoms in total. The second-order valence-corrected chi connectivity index (χ2v) is 7.02. The fourth-order valence-electron chi connectivity index (χ4n) is 3.97. The Kier molecular flexibility index (Phi) is 4.13. The molecule has 1 heterocycles. The van der Waals surface area contributed by atoms with E-state index in [9.17, 15) is 9.90 Å². The number of nitrogens with zero attached hydrogens (tertiary/aromatic N) is 1. The molecule has 0 saturated carbocycles. The molecule has 0 radical (unpaired) electrons. The van der Waals surface area contributed by atoms with Gasteiger partial charge in [-0.05, 0) is 34.4 Å². The lowest BCUT2D eigenvalue weighted by Crippen LogP contribution is -2.18. The smallest absolute Gasteiger partial charge is 0.411 e. The van der Waals surface area contributed by atoms with Gasteiger partial charge in [0.25, 0.3) is 0 Å². The van der Waals surface area contributed by atoms with Crippen molar-refractivity contribution in [2.45, 2.75) is 5.92 Å². The summed E-state index contributed by atoms with van der Waals surface area (Å²) in [6, 6.07) is 23.3. The van der Waals surface area contributed by atoms with Gasteiger partial charge in [-0.25, -0.2) is 4.79 Å². The van der Waals surface area contributed by atoms with Gasteiger partial charge in [0, 0.05) is 11.3 Å². The van der Waals surface area contributed by atoms with Crippen LogP contribution in [-0.4, -0.2) is 22.8 Å². The number of hydrogen-bond acceptors (Lipinski definition) is 4. The van der Waals surface area contributed by atoms with Gasteiger partial charge < -0.3 is 9.84 Å². The minimum absolute atomic E-state index is 0.0137. The number of anilines is 1. The number of fused-ring (bicyclic) bond motifs is 4. The van der Waals surface area contributed by atoms with Gasteiger partial charge >= 0.3 is 6.09 Å². The number of phenolic OH excluding ortho intramolecular Hbond substituents is 1. The molecule has 4 aromatic rings. The molecule has 29 heavy (non-hydrogen) atoms. The summed E-state index contributed by atoms with van der Waals surface area (Å²) in [5.74, 6) is 0.120. The van der Waals surface area contributed by atoms with Crippen LogP contribution in [0.5, 0.6) is 5.75 Å². The van der Waals surface area contributed by atoms with Crippen LogP contribution in [-0.2, 0) is 4.74 Å². The summed E-state index contributed by atoms with van der Waals surface area (Å²) in [6.07, 6.45) is 0.969. The predicted molar refractivity (Wildman–Crippen MR) is 112 cm³/mol. The van der Waals surface area contributed by atoms with Crippen LogP contribution in [0.4, 0.5) is 10.5 Å². The van der Waals surface area contributed by atoms with E-state index in [0.29, 0.717) is 11.2 Å². The van der Waals surface area contributed by atoms with Crippen molar-refractivity contribution in [1.29, 1.82) is 0 Å². The maximum absolute atomic E-state index is 12.4. The minimum atomic E-state index is -0.534. The molecule has 1 amide bonds. The van der Waals surface area contributed by atoms with Gasteiger partial charge in [-0.2, -0.15) is 0 Å². The molecule has 0 atom stereocenters. The number of hydrogen-bond donors (Lipinski definition) is 2. The molecule has 1 aliphatic carbocycles. The molecule has 5 rings (SSSR count). The zero-order valence-corrected chi connectivity index (χ0v) is 15.5. The summed E-state index contributed by atoms with van der Waals surface area (Å²) in [6.45, 7) is 0.252. The normalized spacial score (nSPS) is 12.4. The third kappa shape index (κ3) is 3.06. The standard InChI is InChI=1S/C24H18N2O3/c27-22-11-5-6-15-12-16(13-25-23(15)22)26-24(28)29-14-21-19-9-3-1-7-17(19)18-8-2-4-10-20(18)21/h1-13,21,27H,14H2,(H,26,28). The number of carbonyl (C=O) groups excluding carboxylic acids is 1. The van der Waals surface area contributed by atoms with E-state index in [1.54, 1.807) is 18.2 Å². The minimum Gasteiger partial charge on any atom is -0.506 e. The molecule has 1 aliphatic rings. The van der Waals surface area contributed by atoms with Gasteiger partial charge in [0.15, 0.2) is 0 Å². The van der Waals surface area contributed by atoms with Crippen molar-refractivity contribution in [2.24, 2.45) is 0 Å². The maximum Gasteiger partial charge on any atom is 0.411 e. The average Bonchev–Trinajstić information content (AvgIpc) is 3.06. The number of nitrogens with one attached hydrogen (secondary N) is 1. The Bertz CT molecular complexity index is 1190. The van der Waals surface area contributed by atoms with E-state index in [-0.39, 0.29) is 18.3 Å². The first-order valence-electron chi connectivity index (χ1n) is 9.40. The van der Waals surface area contributed by atoms with Crippen molar-refractivity contribution in [3.63, 3.8) is 0 Å². The van der Waals surface area contributed by atoms with Crippen LogP contribution in [0, 0.1) is 0 Å². The molecular weight excluding hydrogens is 364 g/mol. The van der Waals surface area contributed by atoms with E-state index in [0.717, 1.165) is 5.39 Å². The summed E-state index contributed by atoms with van der Waals surface area (Å²) in [7, 11) is 0. The van der Waals surface area contributed by atoms with E-state index in [4.69, 9.17) is 4.74 Å². The van der Waals surface area contributed by atoms with Gasteiger partial charge in [0.05, 0.1) is 11.9 Å². The van der Waals surface area contributed by atoms with E-state index >= 15 is 0 Å². The summed E-state index contributed by atoms with van der Waals surface area (Å²) >= 11 is 0. The third-order valence-electron chi connectivity index (χ3n) is 5.28. The zero-order chi connectivity index (χ0) is 19.8. The highest BCUT2D eigenvalue weighted by Crippen LogP contribution is 2.44. The number of aromatic nitrogens is 1. The fraction of sp³-hybridized carbons (Fsp3) is 0.0833. The van der Waals surface area contributed by atoms with Gasteiger partial charge in [0.1, 0.15) is 17.9 Å². The first-order chi connectivity index (χ1) is 14.2. The third-order valence-corrected chi connectivity index (χ3v) is 5.28. The average molecular weight is 382 g/mol. The number of benzene rings is 3. The molecule has 0 spiro atoms. The molecule has 142 valence electrons. The van der Waals surface area contributed by atoms with Gasteiger partial charge in [-0.3, -0.25) is 10.3 Å². The highest BCUT2D eigenvalue weighted by atomic mass is 16.5. The summed E-state index contributed by atoms with van der Waals surface area (Å²) in [5, 5.41) is 13.3. The number of aromatic hydroxyl groups is 1. The summed E-state index contributed by atoms with van der Waals surface area (Å²) in [4.78, 5) is 16.6. The molecular formula is C24H18N2O3. The predicted octanol–water partition coefficient (Wildman–Crippen LogP) is 5.30. The Morgan fingerprint density at radius 3 is 2.38 bits per heavy atom. The fourth-order valence-corrected chi connectivity index (χ4v) is 3.97. The molecule has 0 aliphatic heterocycles. The van der Waals surface area contributed by atoms with Gasteiger partial charge in [-0.15, -0.1) is 0 Å². The first-order valence-corrected chi connectivity index (χ1v) is 9.40. The number of ether oxygens (including phenoxy) is 1. The van der Waals surface area contributed by atoms with Crippen molar-refractivity contribution in [3.8, 4) is 16.9 Å². The van der Waals surface area contributed by atoms with Crippen LogP contribution in [0.2, 0.25) is 0 Å². The van der Waals surface area contributed by atoms with Crippen LogP contribution < -0.4 is 5.32 Å². The van der Waals surface area contributed by atoms with Crippen LogP contribution in [0.3, 0.4) is 0 Å². The number of pyridine rings is 1. The largest absolute Gasteiger partial charge is 0.506 e. The van der Waals surface area contributed by atoms with Gasteiger partial charge in [0.2, 0.25) is 0 Å². The molecule has 0 fully saturated rings. The molecule has 5 heteroatoms. The van der Waals surface area contributed by atoms with Crippen molar-refractivity contribution in [2.75, 3.05) is 11.9 Å². The van der Waals surface area contributed by atoms with Crippen LogP contribution in [0.25, 0.3) is 22.0 Å². The second kappa shape index (κ2) is 6.95. The van der Waals surface area contributed by atoms with Crippen LogP contribution >= 0.6 is 0 Å². The molecule has 1 aromatic heterocycles. The molecule has 3 aromatic carbocycles. The molecule has 0 bridgehead atoms. The number of carbonyl (C=O) groups is 1. The Labute approximate surface area is 167 Å². The summed E-state index contributed by atoms with van der Waals surface area (Å²) in [5.41, 5.74) is 5.73. The summed E-state index contributed by atoms with van der Waals surface area (Å²) < 4.78 is 5.55. The highest BCUT2D eigenvalue weighted by molar-refractivity contribution is 5.91. The van der Waals surface area contributed by atoms with E-state index in [1.165, 1.54) is 28.5 Å². The van der Waals surface area contributed by atoms with Crippen molar-refractivity contribution in [1.82, 2.24) is 4.98 Å². The Balaban J connectivity index is 1.32. The van der Waals surface area contributed by atoms with E-state index in [1.807, 2.05) is 30.3 Å². The number of para-hydroxylation sites is 1. The lowest BCUT2D eigenvalue weighted by molar-refractivity contribution is 0.158. The van der Waals surface area contributed by atoms with E-state index < -0.39 is 6.09 Å². The molecule has 0 unspecified atom stereocenters. The van der Waals surface area contributed by atoms with E-state index in [2.05, 4.69) is 34.6 Å². The zero-order valence-electron chi connectivity index (χ0n) is 15.5. The monoisotopic (exact) mass is 382 g/mol. The topological polar surface area (TPSA) is 71.5 Å². The van der Waals surface area contributed by atoms with Crippen LogP contribution in [0.15, 0.2) is 79.0 Å². The molecule has 2 N–H and O–H groups in total. The lowest BCUT2D eigenvalue weighted by Gasteiger charge is -2.14.